The minimum Gasteiger partial charge on any atom is -0.274 e. The third-order valence-electron chi connectivity index (χ3n) is 1.76. The number of rotatable bonds is 2. The fraction of sp³-hybridized carbons (Fsp3) is 0.111. The zero-order valence-corrected chi connectivity index (χ0v) is 9.45. The van der Waals surface area contributed by atoms with Crippen molar-refractivity contribution in [3.8, 4) is 0 Å². The second-order valence-corrected chi connectivity index (χ2v) is 3.47. The van der Waals surface area contributed by atoms with Crippen molar-refractivity contribution in [2.45, 2.75) is 6.92 Å². The van der Waals surface area contributed by atoms with Crippen LogP contribution in [-0.4, -0.2) is 16.7 Å². The summed E-state index contributed by atoms with van der Waals surface area (Å²) < 4.78 is 0. The molecule has 0 aliphatic rings. The molecule has 0 fully saturated rings. The highest BCUT2D eigenvalue weighted by atomic mass is 35.5. The van der Waals surface area contributed by atoms with E-state index in [-0.39, 0.29) is 16.3 Å². The average molecular weight is 258 g/mol. The molecule has 0 heterocycles. The van der Waals surface area contributed by atoms with Crippen LogP contribution < -0.4 is 10.9 Å². The molecule has 1 aromatic carbocycles. The highest BCUT2D eigenvalue weighted by Gasteiger charge is 2.16. The first-order valence-electron chi connectivity index (χ1n) is 4.42. The molecule has 8 heteroatoms. The van der Waals surface area contributed by atoms with Crippen LogP contribution in [0.1, 0.15) is 17.3 Å². The van der Waals surface area contributed by atoms with Crippen molar-refractivity contribution in [1.29, 1.82) is 0 Å². The number of amides is 2. The minimum atomic E-state index is -0.697. The Morgan fingerprint density at radius 3 is 2.53 bits per heavy atom. The zero-order chi connectivity index (χ0) is 13.0. The van der Waals surface area contributed by atoms with Gasteiger partial charge in [0.15, 0.2) is 0 Å². The number of hydrogen-bond acceptors (Lipinski definition) is 4. The summed E-state index contributed by atoms with van der Waals surface area (Å²) in [6, 6.07) is 3.58. The number of nitro groups is 1. The van der Waals surface area contributed by atoms with E-state index in [1.165, 1.54) is 19.1 Å². The summed E-state index contributed by atoms with van der Waals surface area (Å²) in [5.41, 5.74) is 3.80. The van der Waals surface area contributed by atoms with Gasteiger partial charge < -0.3 is 0 Å². The fourth-order valence-corrected chi connectivity index (χ4v) is 1.20. The van der Waals surface area contributed by atoms with Crippen LogP contribution in [0.2, 0.25) is 5.02 Å². The van der Waals surface area contributed by atoms with Crippen molar-refractivity contribution in [1.82, 2.24) is 10.9 Å². The fourth-order valence-electron chi connectivity index (χ4n) is 1.01. The highest BCUT2D eigenvalue weighted by Crippen LogP contribution is 2.24. The maximum Gasteiger partial charge on any atom is 0.288 e. The molecule has 1 rings (SSSR count). The zero-order valence-electron chi connectivity index (χ0n) is 8.69. The highest BCUT2D eigenvalue weighted by molar-refractivity contribution is 6.32. The van der Waals surface area contributed by atoms with Crippen LogP contribution in [0.25, 0.3) is 0 Å². The van der Waals surface area contributed by atoms with E-state index in [1.54, 1.807) is 0 Å². The molecular formula is C9H8ClN3O4. The Labute approximate surface area is 101 Å². The van der Waals surface area contributed by atoms with Crippen molar-refractivity contribution in [3.63, 3.8) is 0 Å². The summed E-state index contributed by atoms with van der Waals surface area (Å²) in [7, 11) is 0. The molecule has 90 valence electrons. The van der Waals surface area contributed by atoms with E-state index in [4.69, 9.17) is 11.6 Å². The number of hydrazine groups is 1. The monoisotopic (exact) mass is 257 g/mol. The third kappa shape index (κ3) is 3.42. The van der Waals surface area contributed by atoms with E-state index in [2.05, 4.69) is 10.9 Å². The molecule has 0 aliphatic heterocycles. The van der Waals surface area contributed by atoms with Crippen LogP contribution >= 0.6 is 11.6 Å². The first-order valence-corrected chi connectivity index (χ1v) is 4.80. The average Bonchev–Trinajstić information content (AvgIpc) is 2.26. The molecule has 0 aliphatic carbocycles. The number of nitrogens with one attached hydrogen (secondary N) is 2. The van der Waals surface area contributed by atoms with Crippen molar-refractivity contribution < 1.29 is 14.5 Å². The predicted octanol–water partition coefficient (Wildman–Crippen LogP) is 1.03. The maximum atomic E-state index is 11.4. The molecular weight excluding hydrogens is 250 g/mol. The number of nitrogens with zero attached hydrogens (tertiary/aromatic N) is 1. The van der Waals surface area contributed by atoms with E-state index in [0.717, 1.165) is 6.07 Å². The van der Waals surface area contributed by atoms with Gasteiger partial charge in [0.2, 0.25) is 5.91 Å². The van der Waals surface area contributed by atoms with E-state index in [0.29, 0.717) is 0 Å². The molecule has 2 N–H and O–H groups in total. The van der Waals surface area contributed by atoms with Crippen molar-refractivity contribution in [3.05, 3.63) is 38.9 Å². The van der Waals surface area contributed by atoms with Crippen molar-refractivity contribution in [2.75, 3.05) is 0 Å². The standard InChI is InChI=1S/C9H8ClN3O4/c1-5(14)11-12-9(15)6-2-3-7(10)8(4-6)13(16)17/h2-4H,1H3,(H,11,14)(H,12,15). The van der Waals surface area contributed by atoms with E-state index in [9.17, 15) is 19.7 Å². The number of carbonyl (C=O) groups excluding carboxylic acids is 2. The molecule has 7 nitrogen and oxygen atoms in total. The molecule has 0 bridgehead atoms. The lowest BCUT2D eigenvalue weighted by molar-refractivity contribution is -0.384. The van der Waals surface area contributed by atoms with Gasteiger partial charge in [-0.1, -0.05) is 11.6 Å². The van der Waals surface area contributed by atoms with Gasteiger partial charge in [-0.2, -0.15) is 0 Å². The van der Waals surface area contributed by atoms with Crippen LogP contribution in [0.5, 0.6) is 0 Å². The Balaban J connectivity index is 2.92. The van der Waals surface area contributed by atoms with Gasteiger partial charge in [0.05, 0.1) is 4.92 Å². The molecule has 17 heavy (non-hydrogen) atoms. The number of benzene rings is 1. The molecule has 2 amide bonds. The second kappa shape index (κ2) is 5.26. The number of carbonyl (C=O) groups is 2. The van der Waals surface area contributed by atoms with E-state index in [1.807, 2.05) is 0 Å². The number of nitro benzene ring substituents is 1. The second-order valence-electron chi connectivity index (χ2n) is 3.06. The SMILES string of the molecule is CC(=O)NNC(=O)c1ccc(Cl)c([N+](=O)[O-])c1. The predicted molar refractivity (Wildman–Crippen MR) is 59.4 cm³/mol. The minimum absolute atomic E-state index is 0.0230. The lowest BCUT2D eigenvalue weighted by Crippen LogP contribution is -2.40. The van der Waals surface area contributed by atoms with Crippen LogP contribution in [0.4, 0.5) is 5.69 Å². The Morgan fingerprint density at radius 1 is 1.35 bits per heavy atom. The van der Waals surface area contributed by atoms with E-state index >= 15 is 0 Å². The van der Waals surface area contributed by atoms with Gasteiger partial charge in [-0.05, 0) is 12.1 Å². The quantitative estimate of drug-likeness (QED) is 0.610. The largest absolute Gasteiger partial charge is 0.288 e. The lowest BCUT2D eigenvalue weighted by Gasteiger charge is -2.05. The molecule has 0 spiro atoms. The normalized spacial score (nSPS) is 9.53. The summed E-state index contributed by atoms with van der Waals surface area (Å²) in [5, 5.41) is 10.5. The van der Waals surface area contributed by atoms with Crippen LogP contribution in [0.15, 0.2) is 18.2 Å². The molecule has 0 atom stereocenters. The van der Waals surface area contributed by atoms with Crippen LogP contribution in [0, 0.1) is 10.1 Å². The first kappa shape index (κ1) is 12.9. The third-order valence-corrected chi connectivity index (χ3v) is 2.08. The maximum absolute atomic E-state index is 11.4. The van der Waals surface area contributed by atoms with Crippen molar-refractivity contribution >= 4 is 29.1 Å². The van der Waals surface area contributed by atoms with Gasteiger partial charge in [0.25, 0.3) is 11.6 Å². The van der Waals surface area contributed by atoms with Crippen molar-refractivity contribution in [2.24, 2.45) is 0 Å². The van der Waals surface area contributed by atoms with Gasteiger partial charge in [0.1, 0.15) is 5.02 Å². The Kier molecular flexibility index (Phi) is 4.00. The molecule has 0 aromatic heterocycles. The molecule has 1 aromatic rings. The van der Waals surface area contributed by atoms with Gasteiger partial charge in [-0.15, -0.1) is 0 Å². The Bertz CT molecular complexity index is 489. The summed E-state index contributed by atoms with van der Waals surface area (Å²) in [6.07, 6.45) is 0. The van der Waals surface area contributed by atoms with Gasteiger partial charge in [0, 0.05) is 18.6 Å². The van der Waals surface area contributed by atoms with Gasteiger partial charge in [-0.25, -0.2) is 0 Å². The Morgan fingerprint density at radius 2 is 2.00 bits per heavy atom. The number of hydrogen-bond donors (Lipinski definition) is 2. The van der Waals surface area contributed by atoms with Crippen LogP contribution in [-0.2, 0) is 4.79 Å². The Hall–Kier alpha value is -2.15. The molecule has 0 radical (unpaired) electrons. The summed E-state index contributed by atoms with van der Waals surface area (Å²) in [4.78, 5) is 31.9. The summed E-state index contributed by atoms with van der Waals surface area (Å²) in [5.74, 6) is -1.12. The molecule has 0 saturated carbocycles. The topological polar surface area (TPSA) is 101 Å². The van der Waals surface area contributed by atoms with E-state index < -0.39 is 16.7 Å². The number of halogens is 1. The summed E-state index contributed by atoms with van der Waals surface area (Å²) >= 11 is 5.58. The lowest BCUT2D eigenvalue weighted by atomic mass is 10.2. The van der Waals surface area contributed by atoms with Gasteiger partial charge in [-0.3, -0.25) is 30.6 Å². The molecule has 0 saturated heterocycles. The first-order chi connectivity index (χ1) is 7.91. The van der Waals surface area contributed by atoms with Gasteiger partial charge >= 0.3 is 0 Å². The van der Waals surface area contributed by atoms with Crippen LogP contribution in [0.3, 0.4) is 0 Å². The smallest absolute Gasteiger partial charge is 0.274 e. The molecule has 0 unspecified atom stereocenters. The summed E-state index contributed by atoms with van der Waals surface area (Å²) in [6.45, 7) is 1.21.